The number of carboxylic acid groups (broad SMARTS) is 5. The van der Waals surface area contributed by atoms with Crippen molar-refractivity contribution < 1.29 is 103 Å². The Kier molecular flexibility index (Phi) is 29.1. The van der Waals surface area contributed by atoms with Gasteiger partial charge in [0.15, 0.2) is 6.04 Å². The summed E-state index contributed by atoms with van der Waals surface area (Å²) in [5.41, 5.74) is 9.06. The second-order valence-corrected chi connectivity index (χ2v) is 18.5. The van der Waals surface area contributed by atoms with Gasteiger partial charge >= 0.3 is 0 Å². The largest absolute Gasteiger partial charge is 0.550 e. The van der Waals surface area contributed by atoms with Crippen molar-refractivity contribution >= 4 is 83.0 Å². The molecule has 1 rings (SSSR count). The molecule has 0 radical (unpaired) electrons. The fourth-order valence-electron chi connectivity index (χ4n) is 7.05. The Labute approximate surface area is 440 Å². The molecule has 0 aromatic heterocycles. The number of primary amides is 1. The van der Waals surface area contributed by atoms with Gasteiger partial charge in [-0.15, -0.1) is 0 Å². The number of aliphatic hydroxyl groups is 1. The van der Waals surface area contributed by atoms with Crippen molar-refractivity contribution in [3.8, 4) is 0 Å². The van der Waals surface area contributed by atoms with Gasteiger partial charge in [0.25, 0.3) is 5.91 Å². The fraction of sp³-hybridized carbons (Fsp3) is 0.574. The van der Waals surface area contributed by atoms with Crippen LogP contribution in [-0.2, 0) is 73.5 Å². The third-order valence-corrected chi connectivity index (χ3v) is 11.2. The van der Waals surface area contributed by atoms with Gasteiger partial charge in [0.1, 0.15) is 48.9 Å². The normalized spacial score (nSPS) is 14.5. The SMILES string of the molecule is CC(C)C[C@H](NC(=O)[C@H](CCC(=O)[O-])NC(=O)[C@@H](NC(=O)[C@H](CCC(N)=O)NC(=O)[C@H](CCC(=O)[O-])NC(=O)[C@@H]([NH3+])CO)C(C)C)C(=O)N[C@@H](CCC(=O)[O-])C(=O)N[C@@H](Cc1ccccc1)C(=O)N[C@@H](CC(=O)[O-])C(=O)[O-]. The molecular weight excluding hydrogens is 1020 g/mol. The molecule has 30 heteroatoms. The van der Waals surface area contributed by atoms with Gasteiger partial charge in [0, 0.05) is 43.1 Å². The van der Waals surface area contributed by atoms with E-state index in [1.807, 2.05) is 5.32 Å². The van der Waals surface area contributed by atoms with Crippen molar-refractivity contribution in [2.75, 3.05) is 6.61 Å². The maximum absolute atomic E-state index is 14.0. The van der Waals surface area contributed by atoms with E-state index in [0.717, 1.165) is 0 Å². The molecule has 0 heterocycles. The molecule has 0 saturated heterocycles. The van der Waals surface area contributed by atoms with Gasteiger partial charge in [-0.25, -0.2) is 0 Å². The first-order valence-electron chi connectivity index (χ1n) is 24.1. The predicted octanol–water partition coefficient (Wildman–Crippen LogP) is -11.8. The molecule has 0 fully saturated rings. The number of hydrogen-bond donors (Lipinski definition) is 11. The second-order valence-electron chi connectivity index (χ2n) is 18.5. The highest BCUT2D eigenvalue weighted by atomic mass is 16.4. The first kappa shape index (κ1) is 66.7. The number of nitrogens with two attached hydrogens (primary N) is 1. The highest BCUT2D eigenvalue weighted by Gasteiger charge is 2.36. The number of carboxylic acids is 5. The fourth-order valence-corrected chi connectivity index (χ4v) is 7.05. The summed E-state index contributed by atoms with van der Waals surface area (Å²) in [5.74, 6) is -20.4. The first-order valence-corrected chi connectivity index (χ1v) is 24.1. The van der Waals surface area contributed by atoms with Crippen LogP contribution >= 0.6 is 0 Å². The number of carbonyl (C=O) groups excluding carboxylic acids is 14. The van der Waals surface area contributed by atoms with E-state index in [0.29, 0.717) is 5.56 Å². The van der Waals surface area contributed by atoms with Crippen molar-refractivity contribution in [1.82, 2.24) is 42.5 Å². The Balaban J connectivity index is 3.57. The Morgan fingerprint density at radius 1 is 0.481 bits per heavy atom. The van der Waals surface area contributed by atoms with E-state index in [-0.39, 0.29) is 12.8 Å². The maximum Gasteiger partial charge on any atom is 0.281 e. The van der Waals surface area contributed by atoms with Crippen LogP contribution in [0.3, 0.4) is 0 Å². The quantitative estimate of drug-likeness (QED) is 0.0295. The number of hydrogen-bond acceptors (Lipinski definition) is 20. The summed E-state index contributed by atoms with van der Waals surface area (Å²) in [6, 6.07) is -7.66. The van der Waals surface area contributed by atoms with Crippen molar-refractivity contribution in [2.24, 2.45) is 17.6 Å². The molecule has 0 bridgehead atoms. The Morgan fingerprint density at radius 3 is 1.23 bits per heavy atom. The molecule has 0 aliphatic heterocycles. The molecule has 30 nitrogen and oxygen atoms in total. The summed E-state index contributed by atoms with van der Waals surface area (Å²) in [5, 5.41) is 84.6. The van der Waals surface area contributed by atoms with E-state index in [1.54, 1.807) is 32.0 Å². The van der Waals surface area contributed by atoms with Crippen molar-refractivity contribution in [1.29, 1.82) is 0 Å². The predicted molar refractivity (Wildman–Crippen MR) is 249 cm³/mol. The number of benzene rings is 1. The summed E-state index contributed by atoms with van der Waals surface area (Å²) < 4.78 is 0. The van der Waals surface area contributed by atoms with Gasteiger partial charge in [-0.1, -0.05) is 58.0 Å². The Morgan fingerprint density at radius 2 is 0.844 bits per heavy atom. The molecule has 0 spiro atoms. The molecule has 77 heavy (non-hydrogen) atoms. The summed E-state index contributed by atoms with van der Waals surface area (Å²) >= 11 is 0. The van der Waals surface area contributed by atoms with Gasteiger partial charge in [-0.05, 0) is 68.8 Å². The number of aliphatic carboxylic acids is 5. The lowest BCUT2D eigenvalue weighted by Gasteiger charge is -2.29. The van der Waals surface area contributed by atoms with Crippen molar-refractivity contribution in [3.63, 3.8) is 0 Å². The van der Waals surface area contributed by atoms with Crippen LogP contribution in [0.2, 0.25) is 0 Å². The zero-order valence-electron chi connectivity index (χ0n) is 42.7. The number of rotatable bonds is 37. The van der Waals surface area contributed by atoms with E-state index in [2.05, 4.69) is 43.0 Å². The van der Waals surface area contributed by atoms with Crippen molar-refractivity contribution in [3.05, 3.63) is 35.9 Å². The van der Waals surface area contributed by atoms with Crippen LogP contribution in [0, 0.1) is 11.8 Å². The van der Waals surface area contributed by atoms with Gasteiger partial charge in [0.2, 0.25) is 47.3 Å². The third-order valence-electron chi connectivity index (χ3n) is 11.2. The molecule has 0 aliphatic carbocycles. The molecule has 9 atom stereocenters. The molecule has 1 aromatic rings. The van der Waals surface area contributed by atoms with Gasteiger partial charge in [0.05, 0.1) is 12.0 Å². The smallest absolute Gasteiger partial charge is 0.281 e. The van der Waals surface area contributed by atoms with E-state index < -0.39 is 214 Å². The first-order chi connectivity index (χ1) is 35.9. The van der Waals surface area contributed by atoms with E-state index in [1.165, 1.54) is 26.0 Å². The van der Waals surface area contributed by atoms with Crippen LogP contribution in [0.25, 0.3) is 0 Å². The third kappa shape index (κ3) is 26.2. The minimum atomic E-state index is -2.13. The minimum absolute atomic E-state index is 0.228. The molecule has 1 aromatic carbocycles. The zero-order chi connectivity index (χ0) is 58.7. The lowest BCUT2D eigenvalue weighted by molar-refractivity contribution is -0.409. The molecule has 0 unspecified atom stereocenters. The minimum Gasteiger partial charge on any atom is -0.550 e. The number of aliphatic hydroxyl groups excluding tert-OH is 1. The molecule has 428 valence electrons. The standard InChI is InChI=1S/C47H70N10O20/c1-22(2)18-30(44(73)52-28(12-16-35(62)63)41(70)55-31(19-24-8-6-5-7-9-24)45(74)56-32(47(76)77)20-37(66)67)54-42(71)29(13-17-36(64)65)53-46(75)38(23(3)4)57-43(72)26(10-14-33(49)59)51-40(69)27(11-15-34(60)61)50-39(68)25(48)21-58/h5-9,22-23,25-32,38,58H,10-21,48H2,1-4H3,(H2,49,59)(H,50,68)(H,51,69)(H,52,73)(H,53,75)(H,54,71)(H,55,70)(H,56,74)(H,57,72)(H,60,61)(H,62,63)(H,64,65)(H,66,67)(H,76,77)/p-4/t25-,26-,27-,28-,29-,30-,31-,32-,38-/m0/s1. The average molecular weight is 1090 g/mol. The van der Waals surface area contributed by atoms with Crippen LogP contribution in [0.15, 0.2) is 30.3 Å². The van der Waals surface area contributed by atoms with E-state index in [9.17, 15) is 97.8 Å². The summed E-state index contributed by atoms with van der Waals surface area (Å²) in [7, 11) is 0. The maximum atomic E-state index is 14.0. The topological polar surface area (TPSA) is 524 Å². The highest BCUT2D eigenvalue weighted by molar-refractivity contribution is 5.98. The average Bonchev–Trinajstić information content (AvgIpc) is 3.33. The van der Waals surface area contributed by atoms with Crippen molar-refractivity contribution in [2.45, 2.75) is 153 Å². The molecule has 0 saturated carbocycles. The Bertz CT molecular complexity index is 2280. The molecular formula is C47H66N10O20-4. The molecule has 9 amide bonds. The lowest BCUT2D eigenvalue weighted by Crippen LogP contribution is -2.70. The zero-order valence-corrected chi connectivity index (χ0v) is 42.7. The highest BCUT2D eigenvalue weighted by Crippen LogP contribution is 2.12. The number of nitrogens with one attached hydrogen (secondary N) is 8. The summed E-state index contributed by atoms with van der Waals surface area (Å²) in [4.78, 5) is 178. The van der Waals surface area contributed by atoms with Crippen LogP contribution in [0.1, 0.15) is 97.5 Å². The van der Waals surface area contributed by atoms with Crippen LogP contribution in [0.4, 0.5) is 0 Å². The van der Waals surface area contributed by atoms with E-state index >= 15 is 0 Å². The van der Waals surface area contributed by atoms with Gasteiger partial charge in [-0.3, -0.25) is 43.2 Å². The lowest BCUT2D eigenvalue weighted by atomic mass is 9.99. The number of carbonyl (C=O) groups is 14. The number of amides is 9. The Hall–Kier alpha value is -8.28. The van der Waals surface area contributed by atoms with Crippen LogP contribution < -0.4 is 79.5 Å². The molecule has 14 N–H and O–H groups in total. The molecule has 0 aliphatic rings. The van der Waals surface area contributed by atoms with E-state index in [4.69, 9.17) is 5.73 Å². The van der Waals surface area contributed by atoms with Crippen LogP contribution in [0.5, 0.6) is 0 Å². The number of quaternary nitrogens is 1. The second kappa shape index (κ2) is 33.6. The van der Waals surface area contributed by atoms with Gasteiger partial charge < -0.3 is 109 Å². The summed E-state index contributed by atoms with van der Waals surface area (Å²) in [6.07, 6.45) is -7.34. The monoisotopic (exact) mass is 1090 g/mol. The van der Waals surface area contributed by atoms with Crippen LogP contribution in [-0.4, -0.2) is 149 Å². The van der Waals surface area contributed by atoms with Gasteiger partial charge in [-0.2, -0.15) is 0 Å². The summed E-state index contributed by atoms with van der Waals surface area (Å²) in [6.45, 7) is 5.29.